The molecule has 0 saturated carbocycles. The van der Waals surface area contributed by atoms with Crippen molar-refractivity contribution in [3.63, 3.8) is 0 Å². The maximum atomic E-state index is 12.3. The van der Waals surface area contributed by atoms with Crippen LogP contribution in [0.1, 0.15) is 37.3 Å². The highest BCUT2D eigenvalue weighted by molar-refractivity contribution is 5.85. The number of rotatable bonds is 8. The Balaban J connectivity index is 0.00000288. The zero-order valence-electron chi connectivity index (χ0n) is 14.2. The molecule has 24 heavy (non-hydrogen) atoms. The Morgan fingerprint density at radius 2 is 1.67 bits per heavy atom. The Morgan fingerprint density at radius 1 is 1.00 bits per heavy atom. The second-order valence-corrected chi connectivity index (χ2v) is 6.00. The first kappa shape index (κ1) is 20.0. The second kappa shape index (κ2) is 10.7. The summed E-state index contributed by atoms with van der Waals surface area (Å²) in [6.45, 7) is 2.15. The van der Waals surface area contributed by atoms with E-state index in [1.54, 1.807) is 0 Å². The molecule has 2 aromatic carbocycles. The van der Waals surface area contributed by atoms with Crippen molar-refractivity contribution in [3.8, 4) is 0 Å². The molecule has 4 heteroatoms. The molecule has 130 valence electrons. The number of amides is 1. The average molecular weight is 347 g/mol. The zero-order valence-corrected chi connectivity index (χ0v) is 15.0. The van der Waals surface area contributed by atoms with Gasteiger partial charge in [-0.15, -0.1) is 12.4 Å². The molecular weight excluding hydrogens is 320 g/mol. The maximum Gasteiger partial charge on any atom is 0.224 e. The molecule has 0 saturated heterocycles. The van der Waals surface area contributed by atoms with Crippen molar-refractivity contribution >= 4 is 24.0 Å². The van der Waals surface area contributed by atoms with Gasteiger partial charge in [0.05, 0.1) is 6.42 Å². The largest absolute Gasteiger partial charge is 0.399 e. The first-order valence-corrected chi connectivity index (χ1v) is 8.35. The number of nitrogens with two attached hydrogens (primary N) is 1. The third-order valence-corrected chi connectivity index (χ3v) is 3.97. The summed E-state index contributed by atoms with van der Waals surface area (Å²) >= 11 is 0. The van der Waals surface area contributed by atoms with Crippen LogP contribution in [-0.4, -0.2) is 11.9 Å². The lowest BCUT2D eigenvalue weighted by Gasteiger charge is -2.18. The van der Waals surface area contributed by atoms with Crippen molar-refractivity contribution in [2.45, 2.75) is 45.1 Å². The van der Waals surface area contributed by atoms with Gasteiger partial charge in [0, 0.05) is 11.7 Å². The molecule has 0 bridgehead atoms. The van der Waals surface area contributed by atoms with E-state index in [9.17, 15) is 4.79 Å². The molecule has 0 aliphatic carbocycles. The van der Waals surface area contributed by atoms with Crippen molar-refractivity contribution in [2.24, 2.45) is 0 Å². The summed E-state index contributed by atoms with van der Waals surface area (Å²) < 4.78 is 0. The van der Waals surface area contributed by atoms with E-state index in [4.69, 9.17) is 5.73 Å². The minimum Gasteiger partial charge on any atom is -0.399 e. The van der Waals surface area contributed by atoms with Gasteiger partial charge in [-0.2, -0.15) is 0 Å². The summed E-state index contributed by atoms with van der Waals surface area (Å²) in [4.78, 5) is 12.3. The number of hydrogen-bond donors (Lipinski definition) is 2. The summed E-state index contributed by atoms with van der Waals surface area (Å²) in [5.74, 6) is 0.0845. The molecule has 0 radical (unpaired) electrons. The number of nitrogens with one attached hydrogen (secondary N) is 1. The second-order valence-electron chi connectivity index (χ2n) is 6.00. The number of halogens is 1. The smallest absolute Gasteiger partial charge is 0.224 e. The van der Waals surface area contributed by atoms with E-state index >= 15 is 0 Å². The molecule has 1 amide bonds. The molecule has 0 heterocycles. The van der Waals surface area contributed by atoms with Crippen LogP contribution >= 0.6 is 12.4 Å². The Labute approximate surface area is 151 Å². The van der Waals surface area contributed by atoms with Gasteiger partial charge in [0.2, 0.25) is 5.91 Å². The number of benzene rings is 2. The van der Waals surface area contributed by atoms with Crippen molar-refractivity contribution in [1.29, 1.82) is 0 Å². The first-order chi connectivity index (χ1) is 11.2. The van der Waals surface area contributed by atoms with Gasteiger partial charge < -0.3 is 11.1 Å². The fraction of sp³-hybridized carbons (Fsp3) is 0.350. The Morgan fingerprint density at radius 3 is 2.29 bits per heavy atom. The monoisotopic (exact) mass is 346 g/mol. The number of carbonyl (C=O) groups excluding carboxylic acids is 1. The summed E-state index contributed by atoms with van der Waals surface area (Å²) in [5.41, 5.74) is 8.71. The molecule has 0 aliphatic rings. The van der Waals surface area contributed by atoms with Gasteiger partial charge in [-0.1, -0.05) is 55.8 Å². The van der Waals surface area contributed by atoms with Crippen LogP contribution in [0.5, 0.6) is 0 Å². The van der Waals surface area contributed by atoms with Crippen molar-refractivity contribution in [1.82, 2.24) is 5.32 Å². The van der Waals surface area contributed by atoms with Crippen molar-refractivity contribution in [2.75, 3.05) is 5.73 Å². The molecule has 2 rings (SSSR count). The number of aryl methyl sites for hydroxylation is 1. The summed E-state index contributed by atoms with van der Waals surface area (Å²) in [6.07, 6.45) is 4.47. The van der Waals surface area contributed by atoms with Crippen LogP contribution in [0, 0.1) is 0 Å². The lowest BCUT2D eigenvalue weighted by molar-refractivity contribution is -0.121. The van der Waals surface area contributed by atoms with Gasteiger partial charge in [0.1, 0.15) is 0 Å². The van der Waals surface area contributed by atoms with Crippen molar-refractivity contribution in [3.05, 3.63) is 65.7 Å². The number of anilines is 1. The predicted octanol–water partition coefficient (Wildman–Crippen LogP) is 4.15. The molecule has 2 aromatic rings. The molecule has 1 unspecified atom stereocenters. The lowest BCUT2D eigenvalue weighted by Crippen LogP contribution is -2.36. The van der Waals surface area contributed by atoms with Gasteiger partial charge >= 0.3 is 0 Å². The molecule has 1 atom stereocenters. The number of nitrogen functional groups attached to an aromatic ring is 1. The SMILES string of the molecule is CCCC(CCc1ccccc1)NC(=O)Cc1ccc(N)cc1.Cl. The molecule has 0 spiro atoms. The van der Waals surface area contributed by atoms with Crippen LogP contribution in [0.3, 0.4) is 0 Å². The van der Waals surface area contributed by atoms with E-state index in [1.165, 1.54) is 5.56 Å². The van der Waals surface area contributed by atoms with E-state index in [2.05, 4.69) is 36.5 Å². The van der Waals surface area contributed by atoms with Gasteiger partial charge in [0.15, 0.2) is 0 Å². The minimum absolute atomic E-state index is 0. The standard InChI is InChI=1S/C20H26N2O.ClH/c1-2-6-19(14-11-16-7-4-3-5-8-16)22-20(23)15-17-9-12-18(21)13-10-17;/h3-5,7-10,12-13,19H,2,6,11,14-15,21H2,1H3,(H,22,23);1H. The van der Waals surface area contributed by atoms with Crippen LogP contribution in [-0.2, 0) is 17.6 Å². The molecule has 0 fully saturated rings. The van der Waals surface area contributed by atoms with E-state index in [0.717, 1.165) is 36.9 Å². The van der Waals surface area contributed by atoms with Gasteiger partial charge in [-0.25, -0.2) is 0 Å². The predicted molar refractivity (Wildman–Crippen MR) is 103 cm³/mol. The van der Waals surface area contributed by atoms with Crippen LogP contribution in [0.15, 0.2) is 54.6 Å². The third-order valence-electron chi connectivity index (χ3n) is 3.97. The fourth-order valence-corrected chi connectivity index (χ4v) is 2.72. The Kier molecular flexibility index (Phi) is 8.95. The topological polar surface area (TPSA) is 55.1 Å². The quantitative estimate of drug-likeness (QED) is 0.705. The van der Waals surface area contributed by atoms with Gasteiger partial charge in [0.25, 0.3) is 0 Å². The zero-order chi connectivity index (χ0) is 16.5. The highest BCUT2D eigenvalue weighted by Crippen LogP contribution is 2.10. The molecular formula is C20H27ClN2O. The minimum atomic E-state index is 0. The van der Waals surface area contributed by atoms with Gasteiger partial charge in [-0.05, 0) is 42.5 Å². The number of carbonyl (C=O) groups is 1. The number of hydrogen-bond acceptors (Lipinski definition) is 2. The third kappa shape index (κ3) is 7.05. The molecule has 3 N–H and O–H groups in total. The van der Waals surface area contributed by atoms with E-state index in [0.29, 0.717) is 6.42 Å². The Hall–Kier alpha value is -2.00. The fourth-order valence-electron chi connectivity index (χ4n) is 2.72. The van der Waals surface area contributed by atoms with E-state index < -0.39 is 0 Å². The van der Waals surface area contributed by atoms with Gasteiger partial charge in [-0.3, -0.25) is 4.79 Å². The highest BCUT2D eigenvalue weighted by Gasteiger charge is 2.12. The molecule has 0 aliphatic heterocycles. The molecule has 0 aromatic heterocycles. The lowest BCUT2D eigenvalue weighted by atomic mass is 10.0. The Bertz CT molecular complexity index is 599. The molecule has 3 nitrogen and oxygen atoms in total. The average Bonchev–Trinajstić information content (AvgIpc) is 2.56. The highest BCUT2D eigenvalue weighted by atomic mass is 35.5. The summed E-state index contributed by atoms with van der Waals surface area (Å²) in [5, 5.41) is 3.18. The van der Waals surface area contributed by atoms with Crippen LogP contribution < -0.4 is 11.1 Å². The summed E-state index contributed by atoms with van der Waals surface area (Å²) in [7, 11) is 0. The normalized spacial score (nSPS) is 11.4. The first-order valence-electron chi connectivity index (χ1n) is 8.35. The van der Waals surface area contributed by atoms with Crippen LogP contribution in [0.25, 0.3) is 0 Å². The van der Waals surface area contributed by atoms with E-state index in [1.807, 2.05) is 30.3 Å². The summed E-state index contributed by atoms with van der Waals surface area (Å²) in [6, 6.07) is 18.2. The van der Waals surface area contributed by atoms with Crippen LogP contribution in [0.2, 0.25) is 0 Å². The van der Waals surface area contributed by atoms with Crippen molar-refractivity contribution < 1.29 is 4.79 Å². The maximum absolute atomic E-state index is 12.3. The van der Waals surface area contributed by atoms with Crippen LogP contribution in [0.4, 0.5) is 5.69 Å². The van der Waals surface area contributed by atoms with E-state index in [-0.39, 0.29) is 24.4 Å².